The van der Waals surface area contributed by atoms with Crippen molar-refractivity contribution in [1.29, 1.82) is 0 Å². The number of rotatable bonds is 3. The number of nitrogens with two attached hydrogens (primary N) is 1. The zero-order valence-corrected chi connectivity index (χ0v) is 11.3. The van der Waals surface area contributed by atoms with Gasteiger partial charge in [0.25, 0.3) is 0 Å². The van der Waals surface area contributed by atoms with Gasteiger partial charge >= 0.3 is 0 Å². The Balaban J connectivity index is 2.84. The second-order valence-electron chi connectivity index (χ2n) is 3.36. The van der Waals surface area contributed by atoms with Crippen molar-refractivity contribution < 1.29 is 10.0 Å². The summed E-state index contributed by atoms with van der Waals surface area (Å²) in [7, 11) is 0. The Bertz CT molecular complexity index is 465. The van der Waals surface area contributed by atoms with Crippen LogP contribution in [0.15, 0.2) is 27.8 Å². The molecule has 0 aliphatic rings. The van der Waals surface area contributed by atoms with Gasteiger partial charge in [-0.3, -0.25) is 4.79 Å². The van der Waals surface area contributed by atoms with Crippen LogP contribution in [-0.4, -0.2) is 17.0 Å². The molecule has 7 heteroatoms. The third kappa shape index (κ3) is 3.61. The Labute approximate surface area is 112 Å². The number of amides is 1. The predicted octanol–water partition coefficient (Wildman–Crippen LogP) is 2.42. The molecule has 1 aromatic rings. The van der Waals surface area contributed by atoms with Crippen molar-refractivity contribution in [2.75, 3.05) is 5.32 Å². The van der Waals surface area contributed by atoms with Gasteiger partial charge in [0.15, 0.2) is 5.84 Å². The first-order valence-electron chi connectivity index (χ1n) is 4.69. The molecule has 1 aromatic carbocycles. The highest BCUT2D eigenvalue weighted by Gasteiger charge is 2.18. The zero-order valence-electron chi connectivity index (χ0n) is 8.95. The predicted molar refractivity (Wildman–Crippen MR) is 70.4 cm³/mol. The summed E-state index contributed by atoms with van der Waals surface area (Å²) in [5.74, 6) is -1.30. The fourth-order valence-electron chi connectivity index (χ4n) is 1.06. The molecule has 0 aliphatic carbocycles. The third-order valence-electron chi connectivity index (χ3n) is 2.14. The summed E-state index contributed by atoms with van der Waals surface area (Å²) >= 11 is 9.18. The number of hydrogen-bond acceptors (Lipinski definition) is 3. The lowest BCUT2D eigenvalue weighted by Gasteiger charge is -2.12. The SMILES string of the molecule is CC(C(=O)Nc1cc(Br)ccc1Cl)/C(N)=N/O. The summed E-state index contributed by atoms with van der Waals surface area (Å²) in [5, 5.41) is 14.3. The minimum Gasteiger partial charge on any atom is -0.409 e. The van der Waals surface area contributed by atoms with Crippen LogP contribution in [0.5, 0.6) is 0 Å². The van der Waals surface area contributed by atoms with E-state index in [9.17, 15) is 4.79 Å². The van der Waals surface area contributed by atoms with Gasteiger partial charge in [-0.05, 0) is 25.1 Å². The first-order valence-corrected chi connectivity index (χ1v) is 5.86. The number of amidine groups is 1. The van der Waals surface area contributed by atoms with Gasteiger partial charge in [0, 0.05) is 4.47 Å². The van der Waals surface area contributed by atoms with Gasteiger partial charge in [-0.15, -0.1) is 0 Å². The van der Waals surface area contributed by atoms with Crippen molar-refractivity contribution in [2.24, 2.45) is 16.8 Å². The van der Waals surface area contributed by atoms with Crippen LogP contribution >= 0.6 is 27.5 Å². The minimum absolute atomic E-state index is 0.159. The number of hydrogen-bond donors (Lipinski definition) is 3. The smallest absolute Gasteiger partial charge is 0.234 e. The first kappa shape index (κ1) is 13.8. The molecule has 1 rings (SSSR count). The van der Waals surface area contributed by atoms with Crippen molar-refractivity contribution in [1.82, 2.24) is 0 Å². The number of oxime groups is 1. The lowest BCUT2D eigenvalue weighted by molar-refractivity contribution is -0.117. The van der Waals surface area contributed by atoms with E-state index in [4.69, 9.17) is 22.5 Å². The highest BCUT2D eigenvalue weighted by molar-refractivity contribution is 9.10. The van der Waals surface area contributed by atoms with Crippen LogP contribution in [-0.2, 0) is 4.79 Å². The Morgan fingerprint density at radius 1 is 1.65 bits per heavy atom. The van der Waals surface area contributed by atoms with Crippen LogP contribution in [0, 0.1) is 5.92 Å². The quantitative estimate of drug-likeness (QED) is 0.346. The molecule has 0 saturated heterocycles. The maximum atomic E-state index is 11.7. The van der Waals surface area contributed by atoms with Crippen molar-refractivity contribution in [3.63, 3.8) is 0 Å². The average molecular weight is 321 g/mol. The highest BCUT2D eigenvalue weighted by Crippen LogP contribution is 2.26. The summed E-state index contributed by atoms with van der Waals surface area (Å²) in [4.78, 5) is 11.7. The molecule has 1 unspecified atom stereocenters. The van der Waals surface area contributed by atoms with E-state index in [1.807, 2.05) is 0 Å². The van der Waals surface area contributed by atoms with Crippen LogP contribution in [0.3, 0.4) is 0 Å². The summed E-state index contributed by atoms with van der Waals surface area (Å²) in [5.41, 5.74) is 5.80. The molecule has 0 fully saturated rings. The molecular formula is C10H11BrClN3O2. The molecule has 4 N–H and O–H groups in total. The van der Waals surface area contributed by atoms with Gasteiger partial charge in [-0.2, -0.15) is 0 Å². The maximum Gasteiger partial charge on any atom is 0.234 e. The molecule has 0 spiro atoms. The Kier molecular flexibility index (Phi) is 4.77. The molecule has 1 amide bonds. The minimum atomic E-state index is -0.741. The summed E-state index contributed by atoms with van der Waals surface area (Å²) in [6.45, 7) is 1.52. The van der Waals surface area contributed by atoms with E-state index in [1.54, 1.807) is 18.2 Å². The monoisotopic (exact) mass is 319 g/mol. The molecule has 17 heavy (non-hydrogen) atoms. The maximum absolute atomic E-state index is 11.7. The molecule has 0 aliphatic heterocycles. The van der Waals surface area contributed by atoms with E-state index < -0.39 is 11.8 Å². The second kappa shape index (κ2) is 5.88. The summed E-state index contributed by atoms with van der Waals surface area (Å²) < 4.78 is 0.786. The number of nitrogens with one attached hydrogen (secondary N) is 1. The van der Waals surface area contributed by atoms with Crippen molar-refractivity contribution in [3.8, 4) is 0 Å². The number of benzene rings is 1. The van der Waals surface area contributed by atoms with Gasteiger partial charge in [0.05, 0.1) is 16.6 Å². The molecule has 0 heterocycles. The second-order valence-corrected chi connectivity index (χ2v) is 4.68. The molecular weight excluding hydrogens is 309 g/mol. The van der Waals surface area contributed by atoms with E-state index >= 15 is 0 Å². The van der Waals surface area contributed by atoms with E-state index in [0.717, 1.165) is 4.47 Å². The van der Waals surface area contributed by atoms with Crippen molar-refractivity contribution in [3.05, 3.63) is 27.7 Å². The lowest BCUT2D eigenvalue weighted by Crippen LogP contribution is -2.32. The standard InChI is InChI=1S/C10H11BrClN3O2/c1-5(9(13)15-17)10(16)14-8-4-6(11)2-3-7(8)12/h2-5,17H,1H3,(H2,13,15)(H,14,16). The van der Waals surface area contributed by atoms with Gasteiger partial charge < -0.3 is 16.3 Å². The number of carbonyl (C=O) groups is 1. The van der Waals surface area contributed by atoms with Gasteiger partial charge in [-0.1, -0.05) is 32.7 Å². The molecule has 0 bridgehead atoms. The fourth-order valence-corrected chi connectivity index (χ4v) is 1.58. The number of anilines is 1. The van der Waals surface area contributed by atoms with E-state index in [1.165, 1.54) is 6.92 Å². The number of nitrogens with zero attached hydrogens (tertiary/aromatic N) is 1. The van der Waals surface area contributed by atoms with Crippen LogP contribution in [0.25, 0.3) is 0 Å². The van der Waals surface area contributed by atoms with E-state index in [2.05, 4.69) is 26.4 Å². The van der Waals surface area contributed by atoms with Crippen LogP contribution in [0.4, 0.5) is 5.69 Å². The van der Waals surface area contributed by atoms with Gasteiger partial charge in [0.2, 0.25) is 5.91 Å². The lowest BCUT2D eigenvalue weighted by atomic mass is 10.1. The molecule has 0 saturated carbocycles. The fraction of sp³-hybridized carbons (Fsp3) is 0.200. The Morgan fingerprint density at radius 3 is 2.88 bits per heavy atom. The normalized spacial score (nSPS) is 13.2. The number of carbonyl (C=O) groups excluding carboxylic acids is 1. The van der Waals surface area contributed by atoms with E-state index in [0.29, 0.717) is 10.7 Å². The molecule has 0 aromatic heterocycles. The first-order chi connectivity index (χ1) is 7.95. The van der Waals surface area contributed by atoms with Crippen LogP contribution in [0.2, 0.25) is 5.02 Å². The summed E-state index contributed by atoms with van der Waals surface area (Å²) in [6, 6.07) is 5.07. The molecule has 92 valence electrons. The molecule has 1 atom stereocenters. The van der Waals surface area contributed by atoms with Crippen LogP contribution < -0.4 is 11.1 Å². The third-order valence-corrected chi connectivity index (χ3v) is 2.96. The average Bonchev–Trinajstić information content (AvgIpc) is 2.31. The number of halogens is 2. The largest absolute Gasteiger partial charge is 0.409 e. The van der Waals surface area contributed by atoms with E-state index in [-0.39, 0.29) is 5.84 Å². The topological polar surface area (TPSA) is 87.7 Å². The van der Waals surface area contributed by atoms with Crippen molar-refractivity contribution >= 4 is 45.0 Å². The molecule has 5 nitrogen and oxygen atoms in total. The van der Waals surface area contributed by atoms with Crippen LogP contribution in [0.1, 0.15) is 6.92 Å². The highest BCUT2D eigenvalue weighted by atomic mass is 79.9. The summed E-state index contributed by atoms with van der Waals surface area (Å²) in [6.07, 6.45) is 0. The van der Waals surface area contributed by atoms with Crippen molar-refractivity contribution in [2.45, 2.75) is 6.92 Å². The Morgan fingerprint density at radius 2 is 2.29 bits per heavy atom. The van der Waals surface area contributed by atoms with Gasteiger partial charge in [0.1, 0.15) is 0 Å². The van der Waals surface area contributed by atoms with Gasteiger partial charge in [-0.25, -0.2) is 0 Å². The molecule has 0 radical (unpaired) electrons. The Hall–Kier alpha value is -1.27. The zero-order chi connectivity index (χ0) is 13.0.